The molecule has 0 saturated carbocycles. The minimum Gasteiger partial charge on any atom is -0.448 e. The Kier molecular flexibility index (Phi) is 5.75. The fraction of sp³-hybridized carbons (Fsp3) is 0.379. The van der Waals surface area contributed by atoms with Crippen molar-refractivity contribution in [3.05, 3.63) is 89.2 Å². The largest absolute Gasteiger partial charge is 0.448 e. The van der Waals surface area contributed by atoms with Crippen molar-refractivity contribution in [3.8, 4) is 11.1 Å². The molecule has 2 fully saturated rings. The van der Waals surface area contributed by atoms with Crippen LogP contribution in [-0.4, -0.2) is 39.8 Å². The third-order valence-corrected chi connectivity index (χ3v) is 8.16. The van der Waals surface area contributed by atoms with Crippen LogP contribution in [0.5, 0.6) is 0 Å². The highest BCUT2D eigenvalue weighted by Gasteiger charge is 2.49. The van der Waals surface area contributed by atoms with E-state index in [0.717, 1.165) is 40.9 Å². The smallest absolute Gasteiger partial charge is 0.417 e. The van der Waals surface area contributed by atoms with Crippen molar-refractivity contribution in [2.75, 3.05) is 6.61 Å². The van der Waals surface area contributed by atoms with Gasteiger partial charge in [0.15, 0.2) is 0 Å². The summed E-state index contributed by atoms with van der Waals surface area (Å²) in [5, 5.41) is 11.5. The Morgan fingerprint density at radius 1 is 1.00 bits per heavy atom. The molecule has 2 saturated heterocycles. The minimum atomic E-state index is -4.54. The Balaban J connectivity index is 1.20. The SMILES string of the molecule is O=C(OCC1c2ccccc2-c2ccccc21)N1C2CCCC1CC(O)(c1cncc(C(F)(F)F)c1)C2. The Morgan fingerprint density at radius 2 is 1.59 bits per heavy atom. The zero-order valence-electron chi connectivity index (χ0n) is 20.1. The number of hydrogen-bond acceptors (Lipinski definition) is 4. The second-order valence-electron chi connectivity index (χ2n) is 10.3. The van der Waals surface area contributed by atoms with Crippen LogP contribution in [0, 0.1) is 0 Å². The number of pyridine rings is 1. The fourth-order valence-electron chi connectivity index (χ4n) is 6.48. The number of nitrogens with zero attached hydrogens (tertiary/aromatic N) is 2. The van der Waals surface area contributed by atoms with E-state index in [9.17, 15) is 23.1 Å². The second-order valence-corrected chi connectivity index (χ2v) is 10.3. The summed E-state index contributed by atoms with van der Waals surface area (Å²) in [6.45, 7) is 0.199. The highest BCUT2D eigenvalue weighted by molar-refractivity contribution is 5.79. The number of rotatable bonds is 3. The highest BCUT2D eigenvalue weighted by Crippen LogP contribution is 2.47. The molecule has 2 bridgehead atoms. The summed E-state index contributed by atoms with van der Waals surface area (Å²) in [5.74, 6) is -0.0610. The lowest BCUT2D eigenvalue weighted by atomic mass is 9.73. The van der Waals surface area contributed by atoms with Gasteiger partial charge in [-0.25, -0.2) is 4.79 Å². The van der Waals surface area contributed by atoms with Crippen LogP contribution in [0.3, 0.4) is 0 Å². The molecule has 0 spiro atoms. The van der Waals surface area contributed by atoms with E-state index in [0.29, 0.717) is 12.8 Å². The van der Waals surface area contributed by atoms with Crippen LogP contribution in [-0.2, 0) is 16.5 Å². The quantitative estimate of drug-likeness (QED) is 0.454. The lowest BCUT2D eigenvalue weighted by molar-refractivity contribution is -0.138. The lowest BCUT2D eigenvalue weighted by Gasteiger charge is -2.51. The molecule has 37 heavy (non-hydrogen) atoms. The van der Waals surface area contributed by atoms with Gasteiger partial charge in [0.2, 0.25) is 0 Å². The first-order chi connectivity index (χ1) is 17.7. The number of fused-ring (bicyclic) bond motifs is 5. The first kappa shape index (κ1) is 24.0. The summed E-state index contributed by atoms with van der Waals surface area (Å²) in [7, 11) is 0. The number of carbonyl (C=O) groups is 1. The molecule has 192 valence electrons. The summed E-state index contributed by atoms with van der Waals surface area (Å²) in [4.78, 5) is 18.8. The Labute approximate surface area is 212 Å². The monoisotopic (exact) mass is 508 g/mol. The molecule has 2 unspecified atom stereocenters. The van der Waals surface area contributed by atoms with Gasteiger partial charge in [-0.1, -0.05) is 48.5 Å². The van der Waals surface area contributed by atoms with Gasteiger partial charge < -0.3 is 14.7 Å². The summed E-state index contributed by atoms with van der Waals surface area (Å²) >= 11 is 0. The fourth-order valence-corrected chi connectivity index (χ4v) is 6.48. The first-order valence-electron chi connectivity index (χ1n) is 12.6. The number of piperidine rings is 2. The molecule has 2 aliphatic heterocycles. The van der Waals surface area contributed by atoms with Crippen LogP contribution in [0.25, 0.3) is 11.1 Å². The van der Waals surface area contributed by atoms with Gasteiger partial charge in [0.05, 0.1) is 11.2 Å². The van der Waals surface area contributed by atoms with E-state index in [2.05, 4.69) is 29.2 Å². The molecule has 1 N–H and O–H groups in total. The van der Waals surface area contributed by atoms with Gasteiger partial charge in [-0.15, -0.1) is 0 Å². The molecule has 2 atom stereocenters. The number of carbonyl (C=O) groups excluding carboxylic acids is 1. The number of halogens is 3. The maximum atomic E-state index is 13.4. The molecule has 3 aromatic rings. The zero-order valence-corrected chi connectivity index (χ0v) is 20.1. The number of benzene rings is 2. The average Bonchev–Trinajstić information content (AvgIpc) is 3.20. The zero-order chi connectivity index (χ0) is 25.8. The Bertz CT molecular complexity index is 1280. The van der Waals surface area contributed by atoms with E-state index in [4.69, 9.17) is 4.74 Å². The molecule has 1 aliphatic carbocycles. The molecule has 8 heteroatoms. The second kappa shape index (κ2) is 8.87. The lowest BCUT2D eigenvalue weighted by Crippen LogP contribution is -2.59. The molecular weight excluding hydrogens is 481 g/mol. The predicted molar refractivity (Wildman–Crippen MR) is 131 cm³/mol. The van der Waals surface area contributed by atoms with Crippen molar-refractivity contribution in [1.29, 1.82) is 0 Å². The van der Waals surface area contributed by atoms with Crippen molar-refractivity contribution >= 4 is 6.09 Å². The van der Waals surface area contributed by atoms with Gasteiger partial charge in [-0.05, 0) is 47.6 Å². The number of alkyl halides is 3. The number of aliphatic hydroxyl groups is 1. The normalized spacial score (nSPS) is 24.9. The Hall–Kier alpha value is -3.39. The van der Waals surface area contributed by atoms with Gasteiger partial charge in [0.1, 0.15) is 6.61 Å². The van der Waals surface area contributed by atoms with Crippen molar-refractivity contribution in [1.82, 2.24) is 9.88 Å². The maximum absolute atomic E-state index is 13.4. The van der Waals surface area contributed by atoms with Crippen LogP contribution in [0.15, 0.2) is 67.0 Å². The van der Waals surface area contributed by atoms with Gasteiger partial charge in [-0.2, -0.15) is 13.2 Å². The standard InChI is InChI=1S/C29H27F3N2O3/c30-29(31,32)19-12-18(15-33-16-19)28(36)13-20-6-5-7-21(14-28)34(20)27(35)37-17-26-24-10-3-1-8-22(24)23-9-2-4-11-25(23)26/h1-4,8-12,15-16,20-21,26,36H,5-7,13-14,17H2. The van der Waals surface area contributed by atoms with E-state index in [1.54, 1.807) is 4.90 Å². The van der Waals surface area contributed by atoms with E-state index in [-0.39, 0.29) is 43.0 Å². The van der Waals surface area contributed by atoms with E-state index in [1.807, 2.05) is 24.3 Å². The van der Waals surface area contributed by atoms with Gasteiger partial charge in [-0.3, -0.25) is 4.98 Å². The van der Waals surface area contributed by atoms with E-state index in [1.165, 1.54) is 6.20 Å². The van der Waals surface area contributed by atoms with Crippen LogP contribution < -0.4 is 0 Å². The molecule has 3 heterocycles. The minimum absolute atomic E-state index is 0.0610. The number of aromatic nitrogens is 1. The van der Waals surface area contributed by atoms with Gasteiger partial charge in [0.25, 0.3) is 0 Å². The molecule has 0 radical (unpaired) electrons. The van der Waals surface area contributed by atoms with Gasteiger partial charge >= 0.3 is 12.3 Å². The van der Waals surface area contributed by atoms with Crippen LogP contribution >= 0.6 is 0 Å². The van der Waals surface area contributed by atoms with Crippen LogP contribution in [0.4, 0.5) is 18.0 Å². The topological polar surface area (TPSA) is 62.7 Å². The molecular formula is C29H27F3N2O3. The summed E-state index contributed by atoms with van der Waals surface area (Å²) < 4.78 is 45.7. The van der Waals surface area contributed by atoms with Crippen molar-refractivity contribution in [2.45, 2.75) is 61.9 Å². The maximum Gasteiger partial charge on any atom is 0.417 e. The van der Waals surface area contributed by atoms with Crippen molar-refractivity contribution in [3.63, 3.8) is 0 Å². The molecule has 5 nitrogen and oxygen atoms in total. The summed E-state index contributed by atoms with van der Waals surface area (Å²) in [6, 6.07) is 16.6. The van der Waals surface area contributed by atoms with Crippen molar-refractivity contribution in [2.24, 2.45) is 0 Å². The summed E-state index contributed by atoms with van der Waals surface area (Å²) in [6.07, 6.45) is -0.400. The molecule has 6 rings (SSSR count). The number of hydrogen-bond donors (Lipinski definition) is 1. The van der Waals surface area contributed by atoms with Crippen molar-refractivity contribution < 1.29 is 27.8 Å². The summed E-state index contributed by atoms with van der Waals surface area (Å²) in [5.41, 5.74) is 2.32. The number of amides is 1. The third-order valence-electron chi connectivity index (χ3n) is 8.16. The van der Waals surface area contributed by atoms with E-state index < -0.39 is 23.4 Å². The highest BCUT2D eigenvalue weighted by atomic mass is 19.4. The predicted octanol–water partition coefficient (Wildman–Crippen LogP) is 6.25. The van der Waals surface area contributed by atoms with Crippen LogP contribution in [0.2, 0.25) is 0 Å². The third kappa shape index (κ3) is 4.17. The molecule has 1 amide bonds. The van der Waals surface area contributed by atoms with E-state index >= 15 is 0 Å². The molecule has 3 aliphatic rings. The number of ether oxygens (including phenoxy) is 1. The molecule has 2 aromatic carbocycles. The average molecular weight is 509 g/mol. The van der Waals surface area contributed by atoms with Gasteiger partial charge in [0, 0.05) is 48.8 Å². The first-order valence-corrected chi connectivity index (χ1v) is 12.6. The Morgan fingerprint density at radius 3 is 2.19 bits per heavy atom. The van der Waals surface area contributed by atoms with Crippen LogP contribution in [0.1, 0.15) is 60.3 Å². The molecule has 1 aromatic heterocycles.